The van der Waals surface area contributed by atoms with Gasteiger partial charge in [0.15, 0.2) is 5.65 Å². The minimum Gasteiger partial charge on any atom is -0.340 e. The number of likely N-dealkylation sites (N-methyl/N-ethyl adjacent to an activating group) is 1. The molecule has 16 heavy (non-hydrogen) atoms. The van der Waals surface area contributed by atoms with E-state index in [9.17, 15) is 0 Å². The molecule has 4 heteroatoms. The highest BCUT2D eigenvalue weighted by molar-refractivity contribution is 5.71. The predicted molar refractivity (Wildman–Crippen MR) is 65.6 cm³/mol. The number of rotatable bonds is 4. The normalized spacial score (nSPS) is 13.2. The first-order chi connectivity index (χ1) is 7.70. The summed E-state index contributed by atoms with van der Waals surface area (Å²) in [4.78, 5) is 12.1. The second kappa shape index (κ2) is 4.61. The Bertz CT molecular complexity index is 475. The van der Waals surface area contributed by atoms with Crippen LogP contribution in [0.3, 0.4) is 0 Å². The van der Waals surface area contributed by atoms with E-state index in [2.05, 4.69) is 40.2 Å². The Morgan fingerprint density at radius 3 is 3.06 bits per heavy atom. The number of aryl methyl sites for hydroxylation is 1. The molecule has 1 atom stereocenters. The molecule has 0 saturated carbocycles. The molecule has 0 aliphatic carbocycles. The number of hydrogen-bond donors (Lipinski definition) is 2. The van der Waals surface area contributed by atoms with Gasteiger partial charge in [0.25, 0.3) is 0 Å². The topological polar surface area (TPSA) is 53.6 Å². The summed E-state index contributed by atoms with van der Waals surface area (Å²) >= 11 is 0. The van der Waals surface area contributed by atoms with Crippen molar-refractivity contribution in [2.45, 2.75) is 26.7 Å². The van der Waals surface area contributed by atoms with E-state index >= 15 is 0 Å². The van der Waals surface area contributed by atoms with Crippen LogP contribution in [-0.4, -0.2) is 28.0 Å². The fourth-order valence-corrected chi connectivity index (χ4v) is 1.71. The van der Waals surface area contributed by atoms with Crippen LogP contribution in [0.25, 0.3) is 11.2 Å². The summed E-state index contributed by atoms with van der Waals surface area (Å²) in [6.07, 6.45) is 1.85. The Hall–Kier alpha value is -1.42. The van der Waals surface area contributed by atoms with Crippen molar-refractivity contribution in [1.82, 2.24) is 20.3 Å². The van der Waals surface area contributed by atoms with Gasteiger partial charge in [0.05, 0.1) is 5.52 Å². The van der Waals surface area contributed by atoms with Crippen molar-refractivity contribution in [3.05, 3.63) is 23.7 Å². The van der Waals surface area contributed by atoms with Crippen LogP contribution in [0.5, 0.6) is 0 Å². The second-order valence-corrected chi connectivity index (χ2v) is 4.21. The van der Waals surface area contributed by atoms with E-state index in [-0.39, 0.29) is 0 Å². The molecule has 86 valence electrons. The van der Waals surface area contributed by atoms with Crippen molar-refractivity contribution in [2.24, 2.45) is 0 Å². The highest BCUT2D eigenvalue weighted by atomic mass is 15.0. The third-order valence-electron chi connectivity index (χ3n) is 2.66. The summed E-state index contributed by atoms with van der Waals surface area (Å²) in [5, 5.41) is 3.32. The second-order valence-electron chi connectivity index (χ2n) is 4.21. The highest BCUT2D eigenvalue weighted by Crippen LogP contribution is 2.16. The summed E-state index contributed by atoms with van der Waals surface area (Å²) in [6, 6.07) is 2.08. The number of nitrogens with zero attached hydrogens (tertiary/aromatic N) is 2. The maximum absolute atomic E-state index is 4.50. The number of nitrogens with one attached hydrogen (secondary N) is 2. The van der Waals surface area contributed by atoms with Crippen LogP contribution in [0.4, 0.5) is 0 Å². The standard InChI is InChI=1S/C12H18N4/c1-4-13-7-9(3)11-15-10-5-8(2)6-14-12(10)16-11/h5-6,9,13H,4,7H2,1-3H3,(H,14,15,16). The molecule has 0 radical (unpaired) electrons. The average Bonchev–Trinajstić information content (AvgIpc) is 2.68. The summed E-state index contributed by atoms with van der Waals surface area (Å²) in [5.41, 5.74) is 2.99. The minimum absolute atomic E-state index is 0.384. The first kappa shape index (κ1) is 11.1. The van der Waals surface area contributed by atoms with Crippen molar-refractivity contribution in [3.8, 4) is 0 Å². The third kappa shape index (κ3) is 2.22. The molecule has 0 saturated heterocycles. The van der Waals surface area contributed by atoms with E-state index in [0.29, 0.717) is 5.92 Å². The van der Waals surface area contributed by atoms with Crippen LogP contribution in [0.15, 0.2) is 12.3 Å². The fourth-order valence-electron chi connectivity index (χ4n) is 1.71. The summed E-state index contributed by atoms with van der Waals surface area (Å²) in [5.74, 6) is 1.39. The molecule has 2 aromatic rings. The number of hydrogen-bond acceptors (Lipinski definition) is 3. The molecule has 0 fully saturated rings. The molecule has 0 bridgehead atoms. The van der Waals surface area contributed by atoms with Gasteiger partial charge in [-0.3, -0.25) is 0 Å². The predicted octanol–water partition coefficient (Wildman–Crippen LogP) is 1.98. The lowest BCUT2D eigenvalue weighted by atomic mass is 10.2. The third-order valence-corrected chi connectivity index (χ3v) is 2.66. The Morgan fingerprint density at radius 2 is 2.31 bits per heavy atom. The average molecular weight is 218 g/mol. The molecule has 2 rings (SSSR count). The largest absolute Gasteiger partial charge is 0.340 e. The molecule has 2 aromatic heterocycles. The molecular formula is C12H18N4. The Labute approximate surface area is 95.5 Å². The van der Waals surface area contributed by atoms with Gasteiger partial charge in [-0.05, 0) is 25.1 Å². The van der Waals surface area contributed by atoms with Crippen LogP contribution in [-0.2, 0) is 0 Å². The lowest BCUT2D eigenvalue weighted by Crippen LogP contribution is -2.20. The van der Waals surface area contributed by atoms with Crippen LogP contribution in [0.1, 0.15) is 31.2 Å². The van der Waals surface area contributed by atoms with Gasteiger partial charge in [0.2, 0.25) is 0 Å². The maximum atomic E-state index is 4.50. The summed E-state index contributed by atoms with van der Waals surface area (Å²) in [7, 11) is 0. The van der Waals surface area contributed by atoms with Crippen molar-refractivity contribution in [1.29, 1.82) is 0 Å². The van der Waals surface area contributed by atoms with Crippen LogP contribution in [0.2, 0.25) is 0 Å². The zero-order valence-electron chi connectivity index (χ0n) is 10.0. The van der Waals surface area contributed by atoms with Crippen molar-refractivity contribution >= 4 is 11.2 Å². The Kier molecular flexibility index (Phi) is 3.19. The molecule has 0 aromatic carbocycles. The SMILES string of the molecule is CCNCC(C)c1nc2ncc(C)cc2[nH]1. The molecule has 2 N–H and O–H groups in total. The van der Waals surface area contributed by atoms with Gasteiger partial charge < -0.3 is 10.3 Å². The number of aromatic amines is 1. The van der Waals surface area contributed by atoms with E-state index in [1.165, 1.54) is 0 Å². The fraction of sp³-hybridized carbons (Fsp3) is 0.500. The van der Waals surface area contributed by atoms with Gasteiger partial charge in [0, 0.05) is 18.7 Å². The van der Waals surface area contributed by atoms with E-state index in [4.69, 9.17) is 0 Å². The van der Waals surface area contributed by atoms with E-state index in [1.54, 1.807) is 0 Å². The molecule has 0 amide bonds. The minimum atomic E-state index is 0.384. The Balaban J connectivity index is 2.25. The van der Waals surface area contributed by atoms with Gasteiger partial charge in [-0.25, -0.2) is 9.97 Å². The van der Waals surface area contributed by atoms with E-state index in [1.807, 2.05) is 13.1 Å². The quantitative estimate of drug-likeness (QED) is 0.825. The Morgan fingerprint density at radius 1 is 1.50 bits per heavy atom. The smallest absolute Gasteiger partial charge is 0.177 e. The lowest BCUT2D eigenvalue weighted by molar-refractivity contribution is 0.614. The molecule has 0 spiro atoms. The van der Waals surface area contributed by atoms with Gasteiger partial charge in [-0.2, -0.15) is 0 Å². The molecule has 0 aliphatic heterocycles. The highest BCUT2D eigenvalue weighted by Gasteiger charge is 2.10. The molecule has 1 unspecified atom stereocenters. The van der Waals surface area contributed by atoms with Crippen LogP contribution < -0.4 is 5.32 Å². The summed E-state index contributed by atoms with van der Waals surface area (Å²) < 4.78 is 0. The molecule has 0 aliphatic rings. The molecular weight excluding hydrogens is 200 g/mol. The lowest BCUT2D eigenvalue weighted by Gasteiger charge is -2.07. The first-order valence-corrected chi connectivity index (χ1v) is 5.73. The zero-order chi connectivity index (χ0) is 11.5. The molecule has 4 nitrogen and oxygen atoms in total. The maximum Gasteiger partial charge on any atom is 0.177 e. The van der Waals surface area contributed by atoms with Crippen LogP contribution in [0, 0.1) is 6.92 Å². The van der Waals surface area contributed by atoms with Crippen molar-refractivity contribution in [3.63, 3.8) is 0 Å². The van der Waals surface area contributed by atoms with Gasteiger partial charge in [0.1, 0.15) is 5.82 Å². The van der Waals surface area contributed by atoms with Gasteiger partial charge in [-0.1, -0.05) is 13.8 Å². The number of imidazole rings is 1. The van der Waals surface area contributed by atoms with Gasteiger partial charge >= 0.3 is 0 Å². The number of H-pyrrole nitrogens is 1. The van der Waals surface area contributed by atoms with E-state index < -0.39 is 0 Å². The molecule has 2 heterocycles. The number of pyridine rings is 1. The van der Waals surface area contributed by atoms with Crippen molar-refractivity contribution in [2.75, 3.05) is 13.1 Å². The van der Waals surface area contributed by atoms with Gasteiger partial charge in [-0.15, -0.1) is 0 Å². The van der Waals surface area contributed by atoms with E-state index in [0.717, 1.165) is 35.6 Å². The zero-order valence-corrected chi connectivity index (χ0v) is 10.0. The van der Waals surface area contributed by atoms with Crippen LogP contribution >= 0.6 is 0 Å². The van der Waals surface area contributed by atoms with Crippen molar-refractivity contribution < 1.29 is 0 Å². The summed E-state index contributed by atoms with van der Waals surface area (Å²) in [6.45, 7) is 8.23. The first-order valence-electron chi connectivity index (χ1n) is 5.73. The number of fused-ring (bicyclic) bond motifs is 1. The monoisotopic (exact) mass is 218 g/mol. The number of aromatic nitrogens is 3.